The number of amides is 1. The number of halogens is 1. The summed E-state index contributed by atoms with van der Waals surface area (Å²) in [7, 11) is 1.59. The maximum Gasteiger partial charge on any atom is 0.276 e. The molecule has 1 N–H and O–H groups in total. The largest absolute Gasteiger partial charge is 0.394 e. The van der Waals surface area contributed by atoms with E-state index in [1.807, 2.05) is 0 Å². The molecule has 1 amide bonds. The minimum Gasteiger partial charge on any atom is -0.394 e. The summed E-state index contributed by atoms with van der Waals surface area (Å²) in [5, 5.41) is 17.6. The molecule has 3 rings (SSSR count). The van der Waals surface area contributed by atoms with Crippen molar-refractivity contribution in [2.75, 3.05) is 20.3 Å². The Morgan fingerprint density at radius 1 is 1.40 bits per heavy atom. The number of hydrogen-bond acceptors (Lipinski definition) is 5. The molecule has 1 aromatic carbocycles. The van der Waals surface area contributed by atoms with Crippen LogP contribution in [0.3, 0.4) is 0 Å². The highest BCUT2D eigenvalue weighted by Gasteiger charge is 2.37. The van der Waals surface area contributed by atoms with Gasteiger partial charge in [0.2, 0.25) is 0 Å². The lowest BCUT2D eigenvalue weighted by Crippen LogP contribution is -2.38. The molecule has 8 heteroatoms. The molecule has 0 unspecified atom stereocenters. The number of rotatable bonds is 5. The summed E-state index contributed by atoms with van der Waals surface area (Å²) in [4.78, 5) is 14.4. The third-order valence-corrected chi connectivity index (χ3v) is 4.61. The Morgan fingerprint density at radius 3 is 2.76 bits per heavy atom. The lowest BCUT2D eigenvalue weighted by atomic mass is 10.2. The number of aromatic nitrogens is 3. The minimum absolute atomic E-state index is 0.0873. The number of aliphatic hydroxyl groups is 1. The van der Waals surface area contributed by atoms with Crippen molar-refractivity contribution in [3.8, 4) is 0 Å². The zero-order valence-electron chi connectivity index (χ0n) is 14.2. The van der Waals surface area contributed by atoms with Gasteiger partial charge < -0.3 is 14.7 Å². The molecule has 25 heavy (non-hydrogen) atoms. The van der Waals surface area contributed by atoms with Crippen molar-refractivity contribution in [2.45, 2.75) is 32.0 Å². The predicted molar refractivity (Wildman–Crippen MR) is 87.6 cm³/mol. The van der Waals surface area contributed by atoms with Gasteiger partial charge in [0, 0.05) is 13.7 Å². The van der Waals surface area contributed by atoms with E-state index in [-0.39, 0.29) is 36.2 Å². The van der Waals surface area contributed by atoms with Crippen LogP contribution in [0.1, 0.15) is 28.2 Å². The van der Waals surface area contributed by atoms with E-state index in [1.165, 1.54) is 12.1 Å². The maximum atomic E-state index is 13.0. The van der Waals surface area contributed by atoms with E-state index in [9.17, 15) is 14.3 Å². The lowest BCUT2D eigenvalue weighted by molar-refractivity contribution is 0.0641. The normalized spacial score (nSPS) is 20.2. The summed E-state index contributed by atoms with van der Waals surface area (Å²) in [6.45, 7) is 2.48. The fourth-order valence-corrected chi connectivity index (χ4v) is 3.07. The first-order chi connectivity index (χ1) is 12.0. The van der Waals surface area contributed by atoms with Gasteiger partial charge in [-0.25, -0.2) is 9.07 Å². The van der Waals surface area contributed by atoms with Crippen molar-refractivity contribution in [1.82, 2.24) is 19.9 Å². The van der Waals surface area contributed by atoms with Crippen molar-refractivity contribution in [3.63, 3.8) is 0 Å². The van der Waals surface area contributed by atoms with E-state index in [0.29, 0.717) is 25.2 Å². The van der Waals surface area contributed by atoms with Gasteiger partial charge in [-0.1, -0.05) is 17.3 Å². The van der Waals surface area contributed by atoms with Crippen LogP contribution in [0.25, 0.3) is 0 Å². The van der Waals surface area contributed by atoms with E-state index in [2.05, 4.69) is 10.3 Å². The fraction of sp³-hybridized carbons (Fsp3) is 0.471. The Balaban J connectivity index is 1.78. The number of likely N-dealkylation sites (tertiary alicyclic amines) is 1. The molecule has 7 nitrogen and oxygen atoms in total. The van der Waals surface area contributed by atoms with Crippen molar-refractivity contribution < 1.29 is 19.0 Å². The van der Waals surface area contributed by atoms with Crippen LogP contribution >= 0.6 is 0 Å². The highest BCUT2D eigenvalue weighted by molar-refractivity contribution is 5.93. The van der Waals surface area contributed by atoms with Crippen molar-refractivity contribution >= 4 is 5.91 Å². The molecular weight excluding hydrogens is 327 g/mol. The van der Waals surface area contributed by atoms with E-state index < -0.39 is 0 Å². The molecule has 2 heterocycles. The summed E-state index contributed by atoms with van der Waals surface area (Å²) in [6.07, 6.45) is 0.511. The zero-order valence-corrected chi connectivity index (χ0v) is 14.2. The standard InChI is InChI=1S/C17H21FN4O3/c1-11-16(17(24)21-9-15(25-2)7-14(21)10-23)19-20-22(11)8-12-3-5-13(18)6-4-12/h3-6,14-15,23H,7-10H2,1-2H3/t14-,15+/m0/s1. The van der Waals surface area contributed by atoms with E-state index in [0.717, 1.165) is 5.56 Å². The topological polar surface area (TPSA) is 80.5 Å². The predicted octanol–water partition coefficient (Wildman–Crippen LogP) is 0.996. The zero-order chi connectivity index (χ0) is 18.0. The quantitative estimate of drug-likeness (QED) is 0.872. The van der Waals surface area contributed by atoms with Gasteiger partial charge in [-0.05, 0) is 31.0 Å². The van der Waals surface area contributed by atoms with Crippen molar-refractivity contribution in [3.05, 3.63) is 47.0 Å². The Morgan fingerprint density at radius 2 is 2.12 bits per heavy atom. The van der Waals surface area contributed by atoms with E-state index >= 15 is 0 Å². The summed E-state index contributed by atoms with van der Waals surface area (Å²) < 4.78 is 19.9. The van der Waals surface area contributed by atoms with Crippen LogP contribution in [0.4, 0.5) is 4.39 Å². The number of benzene rings is 1. The summed E-state index contributed by atoms with van der Waals surface area (Å²) in [5.41, 5.74) is 1.76. The first-order valence-electron chi connectivity index (χ1n) is 8.12. The first kappa shape index (κ1) is 17.5. The number of nitrogens with zero attached hydrogens (tertiary/aromatic N) is 4. The Bertz CT molecular complexity index is 747. The first-order valence-corrected chi connectivity index (χ1v) is 8.12. The van der Waals surface area contributed by atoms with Crippen molar-refractivity contribution in [2.24, 2.45) is 0 Å². The van der Waals surface area contributed by atoms with Crippen LogP contribution in [-0.2, 0) is 11.3 Å². The Hall–Kier alpha value is -2.32. The molecule has 0 bridgehead atoms. The second-order valence-corrected chi connectivity index (χ2v) is 6.19. The number of methoxy groups -OCH3 is 1. The molecule has 0 spiro atoms. The van der Waals surface area contributed by atoms with Gasteiger partial charge in [0.15, 0.2) is 5.69 Å². The molecule has 1 aliphatic rings. The van der Waals surface area contributed by atoms with E-state index in [1.54, 1.807) is 35.7 Å². The third kappa shape index (κ3) is 3.54. The van der Waals surface area contributed by atoms with Crippen LogP contribution < -0.4 is 0 Å². The average Bonchev–Trinajstić information content (AvgIpc) is 3.20. The van der Waals surface area contributed by atoms with Gasteiger partial charge in [0.05, 0.1) is 31.0 Å². The third-order valence-electron chi connectivity index (χ3n) is 4.61. The van der Waals surface area contributed by atoms with Crippen LogP contribution in [0.2, 0.25) is 0 Å². The number of aliphatic hydroxyl groups excluding tert-OH is 1. The second kappa shape index (κ2) is 7.28. The van der Waals surface area contributed by atoms with Crippen molar-refractivity contribution in [1.29, 1.82) is 0 Å². The minimum atomic E-state index is -0.299. The molecule has 1 aromatic heterocycles. The number of ether oxygens (including phenoxy) is 1. The summed E-state index contributed by atoms with van der Waals surface area (Å²) in [5.74, 6) is -0.562. The molecule has 0 saturated carbocycles. The van der Waals surface area contributed by atoms with Gasteiger partial charge in [-0.2, -0.15) is 0 Å². The number of carbonyl (C=O) groups excluding carboxylic acids is 1. The van der Waals surface area contributed by atoms with Crippen LogP contribution in [0.15, 0.2) is 24.3 Å². The van der Waals surface area contributed by atoms with Gasteiger partial charge in [-0.15, -0.1) is 5.10 Å². The molecule has 0 radical (unpaired) electrons. The number of carbonyl (C=O) groups is 1. The fourth-order valence-electron chi connectivity index (χ4n) is 3.07. The monoisotopic (exact) mass is 348 g/mol. The van der Waals surface area contributed by atoms with Gasteiger partial charge in [0.1, 0.15) is 5.82 Å². The highest BCUT2D eigenvalue weighted by atomic mass is 19.1. The average molecular weight is 348 g/mol. The van der Waals surface area contributed by atoms with Crippen LogP contribution in [0, 0.1) is 12.7 Å². The molecule has 1 fully saturated rings. The highest BCUT2D eigenvalue weighted by Crippen LogP contribution is 2.22. The second-order valence-electron chi connectivity index (χ2n) is 6.19. The molecule has 0 aliphatic carbocycles. The summed E-state index contributed by atoms with van der Waals surface area (Å²) >= 11 is 0. The van der Waals surface area contributed by atoms with Crippen LogP contribution in [-0.4, -0.2) is 63.3 Å². The Labute approximate surface area is 145 Å². The molecular formula is C17H21FN4O3. The lowest BCUT2D eigenvalue weighted by Gasteiger charge is -2.21. The Kier molecular flexibility index (Phi) is 5.10. The maximum absolute atomic E-state index is 13.0. The number of hydrogen-bond donors (Lipinski definition) is 1. The van der Waals surface area contributed by atoms with Crippen LogP contribution in [0.5, 0.6) is 0 Å². The van der Waals surface area contributed by atoms with E-state index in [4.69, 9.17) is 4.74 Å². The van der Waals surface area contributed by atoms with Gasteiger partial charge in [0.25, 0.3) is 5.91 Å². The smallest absolute Gasteiger partial charge is 0.276 e. The molecule has 1 aliphatic heterocycles. The van der Waals surface area contributed by atoms with Gasteiger partial charge in [-0.3, -0.25) is 4.79 Å². The summed E-state index contributed by atoms with van der Waals surface area (Å²) in [6, 6.07) is 5.83. The van der Waals surface area contributed by atoms with Gasteiger partial charge >= 0.3 is 0 Å². The molecule has 134 valence electrons. The SMILES string of the molecule is CO[C@@H]1C[C@@H](CO)N(C(=O)c2nnn(Cc3ccc(F)cc3)c2C)C1. The molecule has 1 saturated heterocycles. The molecule has 2 atom stereocenters. The molecule has 2 aromatic rings.